The summed E-state index contributed by atoms with van der Waals surface area (Å²) in [6, 6.07) is 9.68. The van der Waals surface area contributed by atoms with E-state index in [0.29, 0.717) is 5.02 Å². The first-order valence-electron chi connectivity index (χ1n) is 5.75. The van der Waals surface area contributed by atoms with Crippen molar-refractivity contribution >= 4 is 50.7 Å². The number of aryl methyl sites for hydroxylation is 2. The lowest BCUT2D eigenvalue weighted by Crippen LogP contribution is -1.98. The van der Waals surface area contributed by atoms with Gasteiger partial charge in [-0.3, -0.25) is 0 Å². The van der Waals surface area contributed by atoms with Crippen molar-refractivity contribution in [2.24, 2.45) is 0 Å². The van der Waals surface area contributed by atoms with Gasteiger partial charge in [-0.1, -0.05) is 45.2 Å². The van der Waals surface area contributed by atoms with Gasteiger partial charge in [0.25, 0.3) is 0 Å². The molecule has 0 fully saturated rings. The summed E-state index contributed by atoms with van der Waals surface area (Å²) in [6.07, 6.45) is 0. The Bertz CT molecular complexity index is 603. The number of rotatable bonds is 2. The van der Waals surface area contributed by atoms with Crippen LogP contribution >= 0.6 is 50.7 Å². The van der Waals surface area contributed by atoms with E-state index in [4.69, 9.17) is 34.8 Å². The highest BCUT2D eigenvalue weighted by Gasteiger charge is 2.15. The molecule has 0 bridgehead atoms. The normalized spacial score (nSPS) is 12.5. The average molecular weight is 379 g/mol. The van der Waals surface area contributed by atoms with Crippen LogP contribution in [0.15, 0.2) is 34.8 Å². The summed E-state index contributed by atoms with van der Waals surface area (Å²) >= 11 is 22.2. The molecule has 0 amide bonds. The Kier molecular flexibility index (Phi) is 4.84. The van der Waals surface area contributed by atoms with Crippen molar-refractivity contribution in [1.29, 1.82) is 0 Å². The Hall–Kier alpha value is -0.210. The number of halogens is 4. The predicted molar refractivity (Wildman–Crippen MR) is 87.8 cm³/mol. The molecule has 0 radical (unpaired) electrons. The summed E-state index contributed by atoms with van der Waals surface area (Å²) < 4.78 is 0.920. The second-order valence-electron chi connectivity index (χ2n) is 4.52. The van der Waals surface area contributed by atoms with Gasteiger partial charge in [0.15, 0.2) is 0 Å². The minimum absolute atomic E-state index is 0.244. The average Bonchev–Trinajstić information content (AvgIpc) is 2.31. The van der Waals surface area contributed by atoms with Crippen molar-refractivity contribution in [2.75, 3.05) is 0 Å². The van der Waals surface area contributed by atoms with Crippen LogP contribution in [0, 0.1) is 13.8 Å². The van der Waals surface area contributed by atoms with Gasteiger partial charge in [0.05, 0.1) is 5.38 Å². The molecular weight excluding hydrogens is 366 g/mol. The van der Waals surface area contributed by atoms with E-state index in [1.807, 2.05) is 44.2 Å². The number of benzene rings is 2. The molecule has 0 aliphatic rings. The molecule has 1 unspecified atom stereocenters. The Morgan fingerprint density at radius 1 is 0.947 bits per heavy atom. The molecule has 100 valence electrons. The van der Waals surface area contributed by atoms with Gasteiger partial charge in [0.1, 0.15) is 0 Å². The molecule has 0 nitrogen and oxygen atoms in total. The van der Waals surface area contributed by atoms with Crippen molar-refractivity contribution in [2.45, 2.75) is 19.2 Å². The lowest BCUT2D eigenvalue weighted by molar-refractivity contribution is 1.10. The zero-order valence-electron chi connectivity index (χ0n) is 10.5. The van der Waals surface area contributed by atoms with Crippen LogP contribution in [0.1, 0.15) is 27.6 Å². The van der Waals surface area contributed by atoms with Crippen LogP contribution < -0.4 is 0 Å². The van der Waals surface area contributed by atoms with E-state index in [9.17, 15) is 0 Å². The molecule has 0 aliphatic heterocycles. The molecular formula is C15H12BrCl3. The topological polar surface area (TPSA) is 0 Å². The van der Waals surface area contributed by atoms with Crippen molar-refractivity contribution < 1.29 is 0 Å². The fraction of sp³-hybridized carbons (Fsp3) is 0.200. The minimum Gasteiger partial charge on any atom is -0.113 e. The molecule has 0 saturated heterocycles. The Labute approximate surface area is 136 Å². The number of hydrogen-bond acceptors (Lipinski definition) is 0. The van der Waals surface area contributed by atoms with Gasteiger partial charge in [-0.2, -0.15) is 0 Å². The Balaban J connectivity index is 2.49. The first kappa shape index (κ1) is 15.2. The monoisotopic (exact) mass is 376 g/mol. The van der Waals surface area contributed by atoms with Gasteiger partial charge in [-0.25, -0.2) is 0 Å². The number of hydrogen-bond donors (Lipinski definition) is 0. The highest BCUT2D eigenvalue weighted by molar-refractivity contribution is 9.10. The van der Waals surface area contributed by atoms with Crippen LogP contribution in [-0.4, -0.2) is 0 Å². The van der Waals surface area contributed by atoms with E-state index < -0.39 is 0 Å². The lowest BCUT2D eigenvalue weighted by Gasteiger charge is -2.15. The van der Waals surface area contributed by atoms with Gasteiger partial charge in [-0.05, 0) is 60.4 Å². The molecule has 2 aromatic carbocycles. The van der Waals surface area contributed by atoms with Crippen molar-refractivity contribution in [3.8, 4) is 0 Å². The van der Waals surface area contributed by atoms with E-state index in [0.717, 1.165) is 31.7 Å². The molecule has 19 heavy (non-hydrogen) atoms. The molecule has 0 saturated carbocycles. The van der Waals surface area contributed by atoms with E-state index in [-0.39, 0.29) is 5.38 Å². The molecule has 0 heterocycles. The third kappa shape index (κ3) is 3.46. The zero-order chi connectivity index (χ0) is 14.2. The maximum Gasteiger partial charge on any atom is 0.0839 e. The maximum absolute atomic E-state index is 6.58. The smallest absolute Gasteiger partial charge is 0.0839 e. The highest BCUT2D eigenvalue weighted by Crippen LogP contribution is 2.35. The predicted octanol–water partition coefficient (Wildman–Crippen LogP) is 6.70. The standard InChI is InChI=1S/C15H12BrCl3/c1-8-4-14(18)9(2)3-13(8)15(19)10-5-11(16)7-12(17)6-10/h3-7,15H,1-2H3. The minimum atomic E-state index is -0.244. The molecule has 0 N–H and O–H groups in total. The zero-order valence-corrected chi connectivity index (χ0v) is 14.3. The lowest BCUT2D eigenvalue weighted by atomic mass is 9.98. The summed E-state index contributed by atoms with van der Waals surface area (Å²) in [5.74, 6) is 0. The highest BCUT2D eigenvalue weighted by atomic mass is 79.9. The molecule has 2 rings (SSSR count). The third-order valence-electron chi connectivity index (χ3n) is 3.00. The van der Waals surface area contributed by atoms with Crippen molar-refractivity contribution in [3.05, 3.63) is 67.1 Å². The quantitative estimate of drug-likeness (QED) is 0.510. The first-order valence-corrected chi connectivity index (χ1v) is 7.73. The molecule has 2 aromatic rings. The van der Waals surface area contributed by atoms with Crippen molar-refractivity contribution in [3.63, 3.8) is 0 Å². The summed E-state index contributed by atoms with van der Waals surface area (Å²) in [6.45, 7) is 3.98. The Morgan fingerprint density at radius 2 is 1.63 bits per heavy atom. The van der Waals surface area contributed by atoms with E-state index in [1.54, 1.807) is 0 Å². The van der Waals surface area contributed by atoms with Gasteiger partial charge in [0.2, 0.25) is 0 Å². The second kappa shape index (κ2) is 6.05. The van der Waals surface area contributed by atoms with E-state index in [2.05, 4.69) is 15.9 Å². The third-order valence-corrected chi connectivity index (χ3v) is 4.57. The molecule has 0 aliphatic carbocycles. The Morgan fingerprint density at radius 3 is 2.26 bits per heavy atom. The van der Waals surface area contributed by atoms with E-state index >= 15 is 0 Å². The molecule has 1 atom stereocenters. The fourth-order valence-electron chi connectivity index (χ4n) is 1.98. The van der Waals surface area contributed by atoms with Gasteiger partial charge >= 0.3 is 0 Å². The summed E-state index contributed by atoms with van der Waals surface area (Å²) in [5, 5.41) is 1.18. The van der Waals surface area contributed by atoms with E-state index in [1.165, 1.54) is 0 Å². The first-order chi connectivity index (χ1) is 8.88. The molecule has 4 heteroatoms. The van der Waals surface area contributed by atoms with Crippen molar-refractivity contribution in [1.82, 2.24) is 0 Å². The van der Waals surface area contributed by atoms with Crippen LogP contribution in [0.4, 0.5) is 0 Å². The van der Waals surface area contributed by atoms with Crippen LogP contribution in [0.2, 0.25) is 10.0 Å². The maximum atomic E-state index is 6.58. The van der Waals surface area contributed by atoms with Crippen LogP contribution in [0.3, 0.4) is 0 Å². The second-order valence-corrected chi connectivity index (χ2v) is 6.72. The fourth-order valence-corrected chi connectivity index (χ4v) is 3.44. The van der Waals surface area contributed by atoms with Crippen LogP contribution in [0.5, 0.6) is 0 Å². The van der Waals surface area contributed by atoms with Crippen LogP contribution in [-0.2, 0) is 0 Å². The van der Waals surface area contributed by atoms with Crippen LogP contribution in [0.25, 0.3) is 0 Å². The summed E-state index contributed by atoms with van der Waals surface area (Å²) in [7, 11) is 0. The number of alkyl halides is 1. The van der Waals surface area contributed by atoms with Gasteiger partial charge < -0.3 is 0 Å². The summed E-state index contributed by atoms with van der Waals surface area (Å²) in [4.78, 5) is 0. The molecule has 0 aromatic heterocycles. The largest absolute Gasteiger partial charge is 0.113 e. The van der Waals surface area contributed by atoms with Gasteiger partial charge in [0, 0.05) is 14.5 Å². The SMILES string of the molecule is Cc1cc(C(Cl)c2cc(Cl)cc(Br)c2)c(C)cc1Cl. The van der Waals surface area contributed by atoms with Gasteiger partial charge in [-0.15, -0.1) is 11.6 Å². The summed E-state index contributed by atoms with van der Waals surface area (Å²) in [5.41, 5.74) is 4.12. The molecule has 0 spiro atoms.